The molecule has 0 unspecified atom stereocenters. The van der Waals surface area contributed by atoms with Gasteiger partial charge in [0.1, 0.15) is 0 Å². The van der Waals surface area contributed by atoms with E-state index in [1.165, 1.54) is 11.1 Å². The fourth-order valence-corrected chi connectivity index (χ4v) is 2.67. The molecule has 100 valence electrons. The minimum atomic E-state index is 0.626. The maximum absolute atomic E-state index is 11.5. The first kappa shape index (κ1) is 12.9. The van der Waals surface area contributed by atoms with Gasteiger partial charge >= 0.3 is 0 Å². The smallest absolute Gasteiger partial charge is 0.152 e. The van der Waals surface area contributed by atoms with Crippen molar-refractivity contribution in [3.63, 3.8) is 0 Å². The minimum absolute atomic E-state index is 0.626. The second kappa shape index (κ2) is 4.80. The van der Waals surface area contributed by atoms with Gasteiger partial charge in [-0.3, -0.25) is 4.79 Å². The Bertz CT molecular complexity index is 817. The average Bonchev–Trinajstić information content (AvgIpc) is 2.82. The second-order valence-corrected chi connectivity index (χ2v) is 5.40. The van der Waals surface area contributed by atoms with Crippen molar-refractivity contribution < 1.29 is 4.79 Å². The van der Waals surface area contributed by atoms with Crippen LogP contribution in [0.3, 0.4) is 0 Å². The Kier molecular flexibility index (Phi) is 3.11. The van der Waals surface area contributed by atoms with Gasteiger partial charge in [0, 0.05) is 10.9 Å². The van der Waals surface area contributed by atoms with Crippen molar-refractivity contribution in [3.05, 3.63) is 58.1 Å². The lowest BCUT2D eigenvalue weighted by molar-refractivity contribution is 0.112. The molecule has 0 saturated heterocycles. The van der Waals surface area contributed by atoms with Crippen LogP contribution >= 0.6 is 11.6 Å². The summed E-state index contributed by atoms with van der Waals surface area (Å²) in [5.74, 6) is 0. The summed E-state index contributed by atoms with van der Waals surface area (Å²) in [6.07, 6.45) is 0.889. The number of aromatic amines is 1. The van der Waals surface area contributed by atoms with Crippen LogP contribution < -0.4 is 0 Å². The van der Waals surface area contributed by atoms with E-state index in [-0.39, 0.29) is 0 Å². The molecule has 1 heterocycles. The number of benzene rings is 2. The summed E-state index contributed by atoms with van der Waals surface area (Å²) in [7, 11) is 0. The number of hydrogen-bond acceptors (Lipinski definition) is 1. The highest BCUT2D eigenvalue weighted by Crippen LogP contribution is 2.33. The van der Waals surface area contributed by atoms with Crippen molar-refractivity contribution in [2.24, 2.45) is 0 Å². The number of rotatable bonds is 2. The molecule has 3 rings (SSSR count). The van der Waals surface area contributed by atoms with E-state index in [1.807, 2.05) is 24.3 Å². The lowest BCUT2D eigenvalue weighted by Crippen LogP contribution is -1.87. The maximum Gasteiger partial charge on any atom is 0.152 e. The third kappa shape index (κ3) is 1.93. The van der Waals surface area contributed by atoms with Crippen molar-refractivity contribution in [1.29, 1.82) is 0 Å². The number of hydrogen-bond donors (Lipinski definition) is 1. The fraction of sp³-hybridized carbons (Fsp3) is 0.118. The summed E-state index contributed by atoms with van der Waals surface area (Å²) in [5, 5.41) is 1.49. The van der Waals surface area contributed by atoms with Gasteiger partial charge in [-0.15, -0.1) is 0 Å². The first-order valence-corrected chi connectivity index (χ1v) is 6.82. The van der Waals surface area contributed by atoms with Gasteiger partial charge < -0.3 is 4.98 Å². The minimum Gasteiger partial charge on any atom is -0.353 e. The molecular weight excluding hydrogens is 270 g/mol. The van der Waals surface area contributed by atoms with Gasteiger partial charge in [0.15, 0.2) is 6.29 Å². The number of H-pyrrole nitrogens is 1. The van der Waals surface area contributed by atoms with Crippen molar-refractivity contribution in [2.75, 3.05) is 0 Å². The second-order valence-electron chi connectivity index (χ2n) is 4.99. The third-order valence-corrected chi connectivity index (χ3v) is 4.05. The Balaban J connectivity index is 2.33. The molecule has 0 atom stereocenters. The van der Waals surface area contributed by atoms with Crippen LogP contribution in [0.2, 0.25) is 5.02 Å². The molecule has 1 N–H and O–H groups in total. The Labute approximate surface area is 122 Å². The summed E-state index contributed by atoms with van der Waals surface area (Å²) < 4.78 is 0. The Hall–Kier alpha value is -2.06. The van der Waals surface area contributed by atoms with E-state index in [0.717, 1.165) is 28.4 Å². The van der Waals surface area contributed by atoms with Crippen molar-refractivity contribution in [2.45, 2.75) is 13.8 Å². The lowest BCUT2D eigenvalue weighted by atomic mass is 10.0. The summed E-state index contributed by atoms with van der Waals surface area (Å²) in [4.78, 5) is 14.8. The number of carbonyl (C=O) groups is 1. The molecule has 0 amide bonds. The molecule has 20 heavy (non-hydrogen) atoms. The highest BCUT2D eigenvalue weighted by molar-refractivity contribution is 6.35. The lowest BCUT2D eigenvalue weighted by Gasteiger charge is -2.04. The van der Waals surface area contributed by atoms with Crippen LogP contribution in [0.5, 0.6) is 0 Å². The fourth-order valence-electron chi connectivity index (χ4n) is 2.45. The SMILES string of the molecule is Cc1ccc(-c2[nH]c3c(Cl)cccc3c2C=O)cc1C. The molecule has 2 nitrogen and oxygen atoms in total. The van der Waals surface area contributed by atoms with Gasteiger partial charge in [0.05, 0.1) is 16.2 Å². The van der Waals surface area contributed by atoms with Gasteiger partial charge in [-0.2, -0.15) is 0 Å². The molecule has 0 spiro atoms. The van der Waals surface area contributed by atoms with Crippen LogP contribution in [0, 0.1) is 13.8 Å². The number of aromatic nitrogens is 1. The summed E-state index contributed by atoms with van der Waals surface area (Å²) >= 11 is 6.20. The first-order valence-electron chi connectivity index (χ1n) is 6.45. The number of halogens is 1. The maximum atomic E-state index is 11.5. The van der Waals surface area contributed by atoms with Crippen LogP contribution in [0.25, 0.3) is 22.2 Å². The summed E-state index contributed by atoms with van der Waals surface area (Å²) in [6.45, 7) is 4.14. The Morgan fingerprint density at radius 2 is 1.90 bits per heavy atom. The summed E-state index contributed by atoms with van der Waals surface area (Å²) in [6, 6.07) is 11.8. The van der Waals surface area contributed by atoms with E-state index in [0.29, 0.717) is 10.6 Å². The van der Waals surface area contributed by atoms with E-state index in [2.05, 4.69) is 31.0 Å². The molecule has 0 aliphatic rings. The zero-order valence-corrected chi connectivity index (χ0v) is 12.1. The number of carbonyl (C=O) groups excluding carboxylic acids is 1. The van der Waals surface area contributed by atoms with Gasteiger partial charge in [0.25, 0.3) is 0 Å². The van der Waals surface area contributed by atoms with Crippen LogP contribution in [0.1, 0.15) is 21.5 Å². The van der Waals surface area contributed by atoms with Crippen LogP contribution in [-0.2, 0) is 0 Å². The van der Waals surface area contributed by atoms with E-state index >= 15 is 0 Å². The number of nitrogens with one attached hydrogen (secondary N) is 1. The first-order chi connectivity index (χ1) is 9.61. The molecule has 0 radical (unpaired) electrons. The van der Waals surface area contributed by atoms with Crippen LogP contribution in [0.15, 0.2) is 36.4 Å². The predicted molar refractivity (Wildman–Crippen MR) is 83.6 cm³/mol. The molecule has 0 saturated carbocycles. The number of fused-ring (bicyclic) bond motifs is 1. The molecule has 0 fully saturated rings. The van der Waals surface area contributed by atoms with Crippen molar-refractivity contribution in [1.82, 2.24) is 4.98 Å². The van der Waals surface area contributed by atoms with Crippen LogP contribution in [-0.4, -0.2) is 11.3 Å². The van der Waals surface area contributed by atoms with Gasteiger partial charge in [0.2, 0.25) is 0 Å². The van der Waals surface area contributed by atoms with Crippen molar-refractivity contribution in [3.8, 4) is 11.3 Å². The van der Waals surface area contributed by atoms with Crippen molar-refractivity contribution >= 4 is 28.8 Å². The number of aldehydes is 1. The topological polar surface area (TPSA) is 32.9 Å². The normalized spacial score (nSPS) is 10.9. The number of para-hydroxylation sites is 1. The average molecular weight is 284 g/mol. The van der Waals surface area contributed by atoms with E-state index in [4.69, 9.17) is 11.6 Å². The highest BCUT2D eigenvalue weighted by atomic mass is 35.5. The molecular formula is C17H14ClNO. The van der Waals surface area contributed by atoms with Crippen LogP contribution in [0.4, 0.5) is 0 Å². The molecule has 1 aromatic heterocycles. The molecule has 0 bridgehead atoms. The zero-order valence-electron chi connectivity index (χ0n) is 11.3. The van der Waals surface area contributed by atoms with Gasteiger partial charge in [-0.25, -0.2) is 0 Å². The molecule has 2 aromatic carbocycles. The largest absolute Gasteiger partial charge is 0.353 e. The molecule has 0 aliphatic carbocycles. The quantitative estimate of drug-likeness (QED) is 0.666. The van der Waals surface area contributed by atoms with Gasteiger partial charge in [-0.05, 0) is 42.7 Å². The van der Waals surface area contributed by atoms with Gasteiger partial charge in [-0.1, -0.05) is 35.9 Å². The summed E-state index contributed by atoms with van der Waals surface area (Å²) in [5.41, 5.74) is 5.73. The monoisotopic (exact) mass is 283 g/mol. The zero-order chi connectivity index (χ0) is 14.3. The predicted octanol–water partition coefficient (Wildman–Crippen LogP) is 4.92. The van der Waals surface area contributed by atoms with E-state index < -0.39 is 0 Å². The molecule has 3 aromatic rings. The Morgan fingerprint density at radius 1 is 1.10 bits per heavy atom. The Morgan fingerprint density at radius 3 is 2.60 bits per heavy atom. The van der Waals surface area contributed by atoms with E-state index in [1.54, 1.807) is 0 Å². The van der Waals surface area contributed by atoms with E-state index in [9.17, 15) is 4.79 Å². The molecule has 0 aliphatic heterocycles. The molecule has 3 heteroatoms. The highest BCUT2D eigenvalue weighted by Gasteiger charge is 2.14. The standard InChI is InChI=1S/C17H14ClNO/c1-10-6-7-12(8-11(10)2)16-14(9-20)13-4-3-5-15(18)17(13)19-16/h3-9,19H,1-2H3. The number of aryl methyl sites for hydroxylation is 2. The third-order valence-electron chi connectivity index (χ3n) is 3.74.